The van der Waals surface area contributed by atoms with Crippen LogP contribution in [-0.2, 0) is 4.79 Å². The molecule has 1 saturated heterocycles. The van der Waals surface area contributed by atoms with Crippen molar-refractivity contribution in [3.05, 3.63) is 0 Å². The smallest absolute Gasteiger partial charge is 0.235 e. The fraction of sp³-hybridized carbons (Fsp3) is 0.900. The van der Waals surface area contributed by atoms with Gasteiger partial charge in [0.2, 0.25) is 5.91 Å². The number of nitrogens with zero attached hydrogens (tertiary/aromatic N) is 1. The Balaban J connectivity index is 2.37. The Bertz CT molecular complexity index is 199. The Morgan fingerprint density at radius 1 is 1.71 bits per heavy atom. The second-order valence-electron chi connectivity index (χ2n) is 3.87. The van der Waals surface area contributed by atoms with Crippen molar-refractivity contribution in [3.63, 3.8) is 0 Å². The van der Waals surface area contributed by atoms with Gasteiger partial charge in [0.05, 0.1) is 5.25 Å². The Labute approximate surface area is 90.6 Å². The van der Waals surface area contributed by atoms with Gasteiger partial charge in [-0.15, -0.1) is 0 Å². The second kappa shape index (κ2) is 5.61. The summed E-state index contributed by atoms with van der Waals surface area (Å²) >= 11 is 1.63. The van der Waals surface area contributed by atoms with Gasteiger partial charge in [0, 0.05) is 13.1 Å². The zero-order valence-electron chi connectivity index (χ0n) is 9.25. The van der Waals surface area contributed by atoms with Crippen LogP contribution in [0.5, 0.6) is 0 Å². The van der Waals surface area contributed by atoms with Gasteiger partial charge in [-0.1, -0.05) is 0 Å². The lowest BCUT2D eigenvalue weighted by molar-refractivity contribution is -0.129. The first-order valence-electron chi connectivity index (χ1n) is 5.15. The first-order valence-corrected chi connectivity index (χ1v) is 6.44. The lowest BCUT2D eigenvalue weighted by Gasteiger charge is -2.19. The van der Waals surface area contributed by atoms with Crippen molar-refractivity contribution in [2.24, 2.45) is 5.92 Å². The third kappa shape index (κ3) is 2.89. The summed E-state index contributed by atoms with van der Waals surface area (Å²) in [5.74, 6) is 0.953. The number of rotatable bonds is 4. The Kier molecular flexibility index (Phi) is 4.75. The summed E-state index contributed by atoms with van der Waals surface area (Å²) < 4.78 is 0. The molecule has 1 aliphatic rings. The number of hydrogen-bond acceptors (Lipinski definition) is 3. The molecule has 0 aromatic carbocycles. The molecule has 3 nitrogen and oxygen atoms in total. The summed E-state index contributed by atoms with van der Waals surface area (Å²) in [5, 5.41) is 3.28. The largest absolute Gasteiger partial charge is 0.341 e. The maximum absolute atomic E-state index is 11.8. The van der Waals surface area contributed by atoms with Gasteiger partial charge in [0.15, 0.2) is 0 Å². The van der Waals surface area contributed by atoms with Gasteiger partial charge in [-0.25, -0.2) is 0 Å². The highest BCUT2D eigenvalue weighted by Gasteiger charge is 2.27. The van der Waals surface area contributed by atoms with E-state index in [2.05, 4.69) is 5.32 Å². The molecule has 1 fully saturated rings. The Morgan fingerprint density at radius 3 is 3.00 bits per heavy atom. The van der Waals surface area contributed by atoms with Crippen molar-refractivity contribution in [2.75, 3.05) is 32.9 Å². The monoisotopic (exact) mass is 216 g/mol. The molecule has 0 saturated carbocycles. The highest BCUT2D eigenvalue weighted by molar-refractivity contribution is 7.99. The van der Waals surface area contributed by atoms with Crippen LogP contribution in [0.15, 0.2) is 0 Å². The molecule has 1 amide bonds. The minimum atomic E-state index is 0.114. The maximum atomic E-state index is 11.8. The predicted octanol–water partition coefficient (Wildman–Crippen LogP) is 0.806. The van der Waals surface area contributed by atoms with Gasteiger partial charge < -0.3 is 10.2 Å². The zero-order chi connectivity index (χ0) is 10.6. The SMILES string of the molecule is CNCC1CCN(C(=O)C(C)SC)C1. The van der Waals surface area contributed by atoms with E-state index in [1.807, 2.05) is 25.1 Å². The fourth-order valence-corrected chi connectivity index (χ4v) is 2.20. The molecule has 82 valence electrons. The molecule has 0 aromatic heterocycles. The molecule has 0 spiro atoms. The van der Waals surface area contributed by atoms with Crippen LogP contribution in [0.2, 0.25) is 0 Å². The quantitative estimate of drug-likeness (QED) is 0.754. The van der Waals surface area contributed by atoms with Gasteiger partial charge in [0.25, 0.3) is 0 Å². The first-order chi connectivity index (χ1) is 6.69. The molecule has 0 aromatic rings. The van der Waals surface area contributed by atoms with Crippen molar-refractivity contribution >= 4 is 17.7 Å². The summed E-state index contributed by atoms with van der Waals surface area (Å²) in [6.45, 7) is 4.89. The number of carbonyl (C=O) groups is 1. The topological polar surface area (TPSA) is 32.3 Å². The summed E-state index contributed by atoms with van der Waals surface area (Å²) in [4.78, 5) is 13.8. The molecule has 4 heteroatoms. The van der Waals surface area contributed by atoms with Gasteiger partial charge in [0.1, 0.15) is 0 Å². The Morgan fingerprint density at radius 2 is 2.43 bits per heavy atom. The molecule has 1 N–H and O–H groups in total. The lowest BCUT2D eigenvalue weighted by Crippen LogP contribution is -2.35. The number of hydrogen-bond donors (Lipinski definition) is 1. The van der Waals surface area contributed by atoms with Gasteiger partial charge in [-0.2, -0.15) is 11.8 Å². The summed E-state index contributed by atoms with van der Waals surface area (Å²) in [5.41, 5.74) is 0. The fourth-order valence-electron chi connectivity index (χ4n) is 1.85. The molecular weight excluding hydrogens is 196 g/mol. The highest BCUT2D eigenvalue weighted by Crippen LogP contribution is 2.19. The van der Waals surface area contributed by atoms with Crippen molar-refractivity contribution in [2.45, 2.75) is 18.6 Å². The Hall–Kier alpha value is -0.220. The second-order valence-corrected chi connectivity index (χ2v) is 5.05. The molecule has 0 aliphatic carbocycles. The summed E-state index contributed by atoms with van der Waals surface area (Å²) in [7, 11) is 1.97. The predicted molar refractivity (Wildman–Crippen MR) is 61.6 cm³/mol. The summed E-state index contributed by atoms with van der Waals surface area (Å²) in [6.07, 6.45) is 3.14. The molecule has 0 radical (unpaired) electrons. The molecule has 0 bridgehead atoms. The minimum absolute atomic E-state index is 0.114. The number of likely N-dealkylation sites (tertiary alicyclic amines) is 1. The third-order valence-corrected chi connectivity index (χ3v) is 3.70. The third-order valence-electron chi connectivity index (χ3n) is 2.79. The van der Waals surface area contributed by atoms with Crippen LogP contribution >= 0.6 is 11.8 Å². The average molecular weight is 216 g/mol. The minimum Gasteiger partial charge on any atom is -0.341 e. The van der Waals surface area contributed by atoms with Crippen molar-refractivity contribution in [3.8, 4) is 0 Å². The summed E-state index contributed by atoms with van der Waals surface area (Å²) in [6, 6.07) is 0. The number of nitrogens with one attached hydrogen (secondary N) is 1. The number of thioether (sulfide) groups is 1. The van der Waals surface area contributed by atoms with Crippen LogP contribution in [0.25, 0.3) is 0 Å². The van der Waals surface area contributed by atoms with E-state index in [9.17, 15) is 4.79 Å². The van der Waals surface area contributed by atoms with Crippen LogP contribution < -0.4 is 5.32 Å². The zero-order valence-corrected chi connectivity index (χ0v) is 10.1. The van der Waals surface area contributed by atoms with Crippen LogP contribution in [0, 0.1) is 5.92 Å². The molecular formula is C10H20N2OS. The molecule has 14 heavy (non-hydrogen) atoms. The van der Waals surface area contributed by atoms with E-state index in [0.717, 1.165) is 26.1 Å². The van der Waals surface area contributed by atoms with E-state index >= 15 is 0 Å². The van der Waals surface area contributed by atoms with E-state index in [-0.39, 0.29) is 5.25 Å². The number of amides is 1. The van der Waals surface area contributed by atoms with E-state index in [1.165, 1.54) is 0 Å². The van der Waals surface area contributed by atoms with Crippen molar-refractivity contribution in [1.29, 1.82) is 0 Å². The van der Waals surface area contributed by atoms with E-state index in [4.69, 9.17) is 0 Å². The van der Waals surface area contributed by atoms with Gasteiger partial charge in [-0.05, 0) is 39.1 Å². The molecule has 1 heterocycles. The molecule has 1 rings (SSSR count). The lowest BCUT2D eigenvalue weighted by atomic mass is 10.1. The molecule has 2 unspecified atom stereocenters. The van der Waals surface area contributed by atoms with E-state index < -0.39 is 0 Å². The van der Waals surface area contributed by atoms with Crippen molar-refractivity contribution in [1.82, 2.24) is 10.2 Å². The van der Waals surface area contributed by atoms with E-state index in [0.29, 0.717) is 11.8 Å². The molecule has 2 atom stereocenters. The first kappa shape index (κ1) is 11.9. The standard InChI is InChI=1S/C10H20N2OS/c1-8(14-3)10(13)12-5-4-9(7-12)6-11-2/h8-9,11H,4-7H2,1-3H3. The van der Waals surface area contributed by atoms with Gasteiger partial charge >= 0.3 is 0 Å². The highest BCUT2D eigenvalue weighted by atomic mass is 32.2. The molecule has 1 aliphatic heterocycles. The van der Waals surface area contributed by atoms with Crippen LogP contribution in [0.1, 0.15) is 13.3 Å². The van der Waals surface area contributed by atoms with Crippen LogP contribution in [0.4, 0.5) is 0 Å². The average Bonchev–Trinajstić information content (AvgIpc) is 2.64. The maximum Gasteiger partial charge on any atom is 0.235 e. The van der Waals surface area contributed by atoms with Crippen LogP contribution in [-0.4, -0.2) is 49.0 Å². The van der Waals surface area contributed by atoms with Gasteiger partial charge in [-0.3, -0.25) is 4.79 Å². The number of carbonyl (C=O) groups excluding carboxylic acids is 1. The normalized spacial score (nSPS) is 23.9. The van der Waals surface area contributed by atoms with Crippen LogP contribution in [0.3, 0.4) is 0 Å². The van der Waals surface area contributed by atoms with Crippen molar-refractivity contribution < 1.29 is 4.79 Å². The van der Waals surface area contributed by atoms with E-state index in [1.54, 1.807) is 11.8 Å².